The average Bonchev–Trinajstić information content (AvgIpc) is 2.29. The Morgan fingerprint density at radius 3 is 2.82 bits per heavy atom. The second-order valence-corrected chi connectivity index (χ2v) is 5.10. The van der Waals surface area contributed by atoms with Gasteiger partial charge in [-0.2, -0.15) is 0 Å². The van der Waals surface area contributed by atoms with E-state index in [2.05, 4.69) is 24.1 Å². The number of carbonyl (C=O) groups is 1. The standard InChI is InChI=1S/C12H24N2O3/c1-9(7-12(3,13-4)11(15)16)14-5-6-17-8-10(14)2/h9-10,13H,5-8H2,1-4H3,(H,15,16). The maximum atomic E-state index is 11.2. The van der Waals surface area contributed by atoms with Crippen LogP contribution in [-0.4, -0.2) is 60.4 Å². The van der Waals surface area contributed by atoms with E-state index >= 15 is 0 Å². The Morgan fingerprint density at radius 2 is 2.35 bits per heavy atom. The topological polar surface area (TPSA) is 61.8 Å². The molecule has 1 heterocycles. The summed E-state index contributed by atoms with van der Waals surface area (Å²) >= 11 is 0. The molecule has 0 bridgehead atoms. The Bertz CT molecular complexity index is 272. The molecule has 1 fully saturated rings. The highest BCUT2D eigenvalue weighted by molar-refractivity contribution is 5.78. The molecule has 0 amide bonds. The lowest BCUT2D eigenvalue weighted by atomic mass is 9.92. The quantitative estimate of drug-likeness (QED) is 0.739. The van der Waals surface area contributed by atoms with E-state index in [1.54, 1.807) is 14.0 Å². The number of nitrogens with one attached hydrogen (secondary N) is 1. The van der Waals surface area contributed by atoms with Gasteiger partial charge in [-0.05, 0) is 34.2 Å². The molecule has 0 aliphatic carbocycles. The largest absolute Gasteiger partial charge is 0.480 e. The van der Waals surface area contributed by atoms with Crippen LogP contribution in [0.5, 0.6) is 0 Å². The number of aliphatic carboxylic acids is 1. The van der Waals surface area contributed by atoms with Gasteiger partial charge >= 0.3 is 5.97 Å². The van der Waals surface area contributed by atoms with Gasteiger partial charge < -0.3 is 15.2 Å². The van der Waals surface area contributed by atoms with Crippen molar-refractivity contribution in [1.29, 1.82) is 0 Å². The number of morpholine rings is 1. The summed E-state index contributed by atoms with van der Waals surface area (Å²) in [5.41, 5.74) is -0.864. The number of rotatable bonds is 5. The molecule has 0 aromatic heterocycles. The van der Waals surface area contributed by atoms with Gasteiger partial charge in [0.2, 0.25) is 0 Å². The summed E-state index contributed by atoms with van der Waals surface area (Å²) in [5.74, 6) is -0.798. The van der Waals surface area contributed by atoms with Crippen molar-refractivity contribution in [3.63, 3.8) is 0 Å². The molecule has 1 aliphatic heterocycles. The molecule has 3 atom stereocenters. The smallest absolute Gasteiger partial charge is 0.323 e. The fourth-order valence-electron chi connectivity index (χ4n) is 2.40. The summed E-state index contributed by atoms with van der Waals surface area (Å²) in [6.45, 7) is 8.28. The van der Waals surface area contributed by atoms with Crippen molar-refractivity contribution < 1.29 is 14.6 Å². The third-order valence-electron chi connectivity index (χ3n) is 3.71. The third-order valence-corrected chi connectivity index (χ3v) is 3.71. The molecule has 5 nitrogen and oxygen atoms in total. The van der Waals surface area contributed by atoms with Gasteiger partial charge in [-0.3, -0.25) is 9.69 Å². The van der Waals surface area contributed by atoms with Gasteiger partial charge in [-0.25, -0.2) is 0 Å². The maximum absolute atomic E-state index is 11.2. The minimum atomic E-state index is -0.864. The Labute approximate surface area is 103 Å². The molecule has 17 heavy (non-hydrogen) atoms. The van der Waals surface area contributed by atoms with Crippen LogP contribution in [0.15, 0.2) is 0 Å². The van der Waals surface area contributed by atoms with E-state index in [1.807, 2.05) is 0 Å². The second-order valence-electron chi connectivity index (χ2n) is 5.10. The monoisotopic (exact) mass is 244 g/mol. The van der Waals surface area contributed by atoms with E-state index in [1.165, 1.54) is 0 Å². The van der Waals surface area contributed by atoms with Crippen molar-refractivity contribution in [3.05, 3.63) is 0 Å². The first-order chi connectivity index (χ1) is 7.90. The van der Waals surface area contributed by atoms with Crippen LogP contribution in [0.25, 0.3) is 0 Å². The Morgan fingerprint density at radius 1 is 1.71 bits per heavy atom. The summed E-state index contributed by atoms with van der Waals surface area (Å²) in [5, 5.41) is 12.1. The van der Waals surface area contributed by atoms with Gasteiger partial charge in [0, 0.05) is 18.6 Å². The number of hydrogen-bond donors (Lipinski definition) is 2. The molecule has 5 heteroatoms. The van der Waals surface area contributed by atoms with Crippen molar-refractivity contribution in [2.45, 2.75) is 44.8 Å². The van der Waals surface area contributed by atoms with Crippen LogP contribution in [0, 0.1) is 0 Å². The van der Waals surface area contributed by atoms with Crippen LogP contribution < -0.4 is 5.32 Å². The van der Waals surface area contributed by atoms with E-state index in [4.69, 9.17) is 4.74 Å². The predicted octanol–water partition coefficient (Wildman–Crippen LogP) is 0.548. The molecule has 1 aliphatic rings. The lowest BCUT2D eigenvalue weighted by Crippen LogP contribution is -2.55. The minimum absolute atomic E-state index is 0.224. The zero-order chi connectivity index (χ0) is 13.1. The van der Waals surface area contributed by atoms with E-state index in [0.29, 0.717) is 12.5 Å². The summed E-state index contributed by atoms with van der Waals surface area (Å²) in [7, 11) is 1.70. The molecule has 0 aromatic carbocycles. The highest BCUT2D eigenvalue weighted by atomic mass is 16.5. The highest BCUT2D eigenvalue weighted by Crippen LogP contribution is 2.20. The lowest BCUT2D eigenvalue weighted by molar-refractivity contribution is -0.145. The van der Waals surface area contributed by atoms with E-state index in [-0.39, 0.29) is 6.04 Å². The van der Waals surface area contributed by atoms with Gasteiger partial charge in [0.15, 0.2) is 0 Å². The zero-order valence-corrected chi connectivity index (χ0v) is 11.2. The molecular formula is C12H24N2O3. The summed E-state index contributed by atoms with van der Waals surface area (Å²) in [4.78, 5) is 13.6. The van der Waals surface area contributed by atoms with Crippen LogP contribution >= 0.6 is 0 Å². The van der Waals surface area contributed by atoms with Gasteiger partial charge in [0.25, 0.3) is 0 Å². The summed E-state index contributed by atoms with van der Waals surface area (Å²) in [6, 6.07) is 0.580. The Hall–Kier alpha value is -0.650. The number of ether oxygens (including phenoxy) is 1. The van der Waals surface area contributed by atoms with E-state index < -0.39 is 11.5 Å². The lowest BCUT2D eigenvalue weighted by Gasteiger charge is -2.40. The minimum Gasteiger partial charge on any atom is -0.480 e. The first-order valence-electron chi connectivity index (χ1n) is 6.16. The normalized spacial score (nSPS) is 27.4. The van der Waals surface area contributed by atoms with Crippen LogP contribution in [0.4, 0.5) is 0 Å². The predicted molar refractivity (Wildman–Crippen MR) is 66.2 cm³/mol. The number of hydrogen-bond acceptors (Lipinski definition) is 4. The molecule has 0 saturated carbocycles. The third kappa shape index (κ3) is 3.40. The fourth-order valence-corrected chi connectivity index (χ4v) is 2.40. The van der Waals surface area contributed by atoms with Crippen molar-refractivity contribution in [2.24, 2.45) is 0 Å². The number of carboxylic acid groups (broad SMARTS) is 1. The van der Waals surface area contributed by atoms with Crippen molar-refractivity contribution in [2.75, 3.05) is 26.8 Å². The van der Waals surface area contributed by atoms with E-state index in [0.717, 1.165) is 19.8 Å². The van der Waals surface area contributed by atoms with Crippen molar-refractivity contribution in [3.8, 4) is 0 Å². The molecule has 0 aromatic rings. The maximum Gasteiger partial charge on any atom is 0.323 e. The van der Waals surface area contributed by atoms with Gasteiger partial charge in [-0.15, -0.1) is 0 Å². The molecule has 0 radical (unpaired) electrons. The van der Waals surface area contributed by atoms with Crippen molar-refractivity contribution >= 4 is 5.97 Å². The first-order valence-corrected chi connectivity index (χ1v) is 6.16. The van der Waals surface area contributed by atoms with Crippen LogP contribution in [-0.2, 0) is 9.53 Å². The van der Waals surface area contributed by atoms with Crippen LogP contribution in [0.3, 0.4) is 0 Å². The SMILES string of the molecule is CNC(C)(CC(C)N1CCOCC1C)C(=O)O. The summed E-state index contributed by atoms with van der Waals surface area (Å²) < 4.78 is 5.39. The Kier molecular flexibility index (Phi) is 4.91. The molecular weight excluding hydrogens is 220 g/mol. The number of likely N-dealkylation sites (N-methyl/N-ethyl adjacent to an activating group) is 1. The molecule has 2 N–H and O–H groups in total. The molecule has 0 spiro atoms. The second kappa shape index (κ2) is 5.80. The first kappa shape index (κ1) is 14.4. The van der Waals surface area contributed by atoms with Crippen LogP contribution in [0.2, 0.25) is 0 Å². The van der Waals surface area contributed by atoms with E-state index in [9.17, 15) is 9.90 Å². The van der Waals surface area contributed by atoms with Crippen molar-refractivity contribution in [1.82, 2.24) is 10.2 Å². The van der Waals surface area contributed by atoms with Crippen LogP contribution in [0.1, 0.15) is 27.2 Å². The van der Waals surface area contributed by atoms with Gasteiger partial charge in [-0.1, -0.05) is 0 Å². The molecule has 3 unspecified atom stereocenters. The zero-order valence-electron chi connectivity index (χ0n) is 11.2. The van der Waals surface area contributed by atoms with Gasteiger partial charge in [0.05, 0.1) is 13.2 Å². The highest BCUT2D eigenvalue weighted by Gasteiger charge is 2.36. The average molecular weight is 244 g/mol. The summed E-state index contributed by atoms with van der Waals surface area (Å²) in [6.07, 6.45) is 0.586. The fraction of sp³-hybridized carbons (Fsp3) is 0.917. The number of carboxylic acids is 1. The molecule has 1 rings (SSSR count). The van der Waals surface area contributed by atoms with Gasteiger partial charge in [0.1, 0.15) is 5.54 Å². The Balaban J connectivity index is 2.63. The molecule has 100 valence electrons. The molecule has 1 saturated heterocycles. The number of nitrogens with zero attached hydrogens (tertiary/aromatic N) is 1.